The van der Waals surface area contributed by atoms with E-state index < -0.39 is 11.9 Å². The van der Waals surface area contributed by atoms with Crippen LogP contribution in [0.5, 0.6) is 0 Å². The Hall–Kier alpha value is -2.34. The van der Waals surface area contributed by atoms with Crippen LogP contribution in [0, 0.1) is 0 Å². The number of nitrogens with zero attached hydrogens (tertiary/aromatic N) is 1. The van der Waals surface area contributed by atoms with Crippen LogP contribution in [0.4, 0.5) is 5.69 Å². The number of anilines is 1. The fourth-order valence-electron chi connectivity index (χ4n) is 2.52. The van der Waals surface area contributed by atoms with E-state index in [1.807, 2.05) is 18.2 Å². The lowest BCUT2D eigenvalue weighted by Crippen LogP contribution is -2.27. The standard InChI is InChI=1S/C20H22BrNO4/c1-20(2,3)13-9-10-16(15(21)12-13)22-11-7-6-8-14(18(23)25-4)17(22)19(24)26-5/h6-12H,1-5H3. The van der Waals surface area contributed by atoms with Gasteiger partial charge in [-0.15, -0.1) is 0 Å². The van der Waals surface area contributed by atoms with Crippen molar-refractivity contribution < 1.29 is 19.1 Å². The average Bonchev–Trinajstić information content (AvgIpc) is 2.82. The van der Waals surface area contributed by atoms with Gasteiger partial charge in [0.1, 0.15) is 5.70 Å². The van der Waals surface area contributed by atoms with E-state index >= 15 is 0 Å². The summed E-state index contributed by atoms with van der Waals surface area (Å²) in [7, 11) is 2.55. The van der Waals surface area contributed by atoms with Crippen molar-refractivity contribution in [3.63, 3.8) is 0 Å². The molecule has 1 heterocycles. The minimum absolute atomic E-state index is 0.0184. The van der Waals surface area contributed by atoms with Crippen molar-refractivity contribution in [1.29, 1.82) is 0 Å². The largest absolute Gasteiger partial charge is 0.465 e. The molecule has 5 nitrogen and oxygen atoms in total. The number of benzene rings is 1. The summed E-state index contributed by atoms with van der Waals surface area (Å²) >= 11 is 3.59. The Labute approximate surface area is 162 Å². The van der Waals surface area contributed by atoms with Crippen molar-refractivity contribution in [3.8, 4) is 0 Å². The summed E-state index contributed by atoms with van der Waals surface area (Å²) in [5, 5.41) is 0. The third kappa shape index (κ3) is 4.07. The van der Waals surface area contributed by atoms with Crippen LogP contribution in [0.25, 0.3) is 0 Å². The molecule has 0 N–H and O–H groups in total. The highest BCUT2D eigenvalue weighted by atomic mass is 79.9. The highest BCUT2D eigenvalue weighted by molar-refractivity contribution is 9.10. The Morgan fingerprint density at radius 2 is 1.69 bits per heavy atom. The van der Waals surface area contributed by atoms with Crippen LogP contribution in [-0.2, 0) is 24.5 Å². The summed E-state index contributed by atoms with van der Waals surface area (Å²) in [6.07, 6.45) is 6.65. The van der Waals surface area contributed by atoms with E-state index in [2.05, 4.69) is 36.7 Å². The Morgan fingerprint density at radius 3 is 2.23 bits per heavy atom. The number of hydrogen-bond donors (Lipinski definition) is 0. The van der Waals surface area contributed by atoms with Crippen molar-refractivity contribution >= 4 is 33.6 Å². The van der Waals surface area contributed by atoms with Crippen LogP contribution in [-0.4, -0.2) is 26.2 Å². The molecule has 0 unspecified atom stereocenters. The molecule has 0 saturated carbocycles. The van der Waals surface area contributed by atoms with Crippen LogP contribution < -0.4 is 4.90 Å². The predicted octanol–water partition coefficient (Wildman–Crippen LogP) is 4.24. The number of esters is 2. The normalized spacial score (nSPS) is 14.3. The maximum absolute atomic E-state index is 12.5. The first-order chi connectivity index (χ1) is 12.2. The van der Waals surface area contributed by atoms with Gasteiger partial charge in [0.25, 0.3) is 0 Å². The van der Waals surface area contributed by atoms with E-state index in [-0.39, 0.29) is 16.7 Å². The summed E-state index contributed by atoms with van der Waals surface area (Å²) in [6, 6.07) is 5.91. The second kappa shape index (κ2) is 7.91. The summed E-state index contributed by atoms with van der Waals surface area (Å²) in [5.41, 5.74) is 2.04. The zero-order chi connectivity index (χ0) is 19.5. The Balaban J connectivity index is 2.66. The molecule has 0 aromatic heterocycles. The molecule has 6 heteroatoms. The van der Waals surface area contributed by atoms with Gasteiger partial charge in [0, 0.05) is 10.7 Å². The van der Waals surface area contributed by atoms with Gasteiger partial charge in [0.05, 0.1) is 25.5 Å². The van der Waals surface area contributed by atoms with E-state index in [1.165, 1.54) is 20.3 Å². The monoisotopic (exact) mass is 419 g/mol. The van der Waals surface area contributed by atoms with Gasteiger partial charge in [0.15, 0.2) is 0 Å². The minimum atomic E-state index is -0.631. The number of ether oxygens (including phenoxy) is 2. The topological polar surface area (TPSA) is 55.8 Å². The van der Waals surface area contributed by atoms with Crippen molar-refractivity contribution in [2.45, 2.75) is 26.2 Å². The molecule has 138 valence electrons. The van der Waals surface area contributed by atoms with Gasteiger partial charge in [-0.1, -0.05) is 32.9 Å². The highest BCUT2D eigenvalue weighted by Gasteiger charge is 2.28. The second-order valence-corrected chi connectivity index (χ2v) is 7.59. The molecule has 26 heavy (non-hydrogen) atoms. The third-order valence-electron chi connectivity index (χ3n) is 3.96. The number of carbonyl (C=O) groups excluding carboxylic acids is 2. The number of hydrogen-bond acceptors (Lipinski definition) is 5. The number of methoxy groups -OCH3 is 2. The second-order valence-electron chi connectivity index (χ2n) is 6.73. The molecule has 0 saturated heterocycles. The van der Waals surface area contributed by atoms with Gasteiger partial charge in [-0.05, 0) is 51.2 Å². The molecule has 1 aliphatic rings. The lowest BCUT2D eigenvalue weighted by molar-refractivity contribution is -0.139. The number of halogens is 1. The number of carbonyl (C=O) groups is 2. The van der Waals surface area contributed by atoms with Crippen LogP contribution in [0.15, 0.2) is 58.4 Å². The molecular weight excluding hydrogens is 398 g/mol. The molecule has 0 fully saturated rings. The van der Waals surface area contributed by atoms with Gasteiger partial charge >= 0.3 is 11.9 Å². The molecule has 1 aliphatic heterocycles. The first kappa shape index (κ1) is 20.0. The summed E-state index contributed by atoms with van der Waals surface area (Å²) < 4.78 is 10.5. The van der Waals surface area contributed by atoms with Crippen molar-refractivity contribution in [3.05, 3.63) is 63.9 Å². The highest BCUT2D eigenvalue weighted by Crippen LogP contribution is 2.35. The smallest absolute Gasteiger partial charge is 0.355 e. The maximum Gasteiger partial charge on any atom is 0.355 e. The first-order valence-electron chi connectivity index (χ1n) is 8.05. The maximum atomic E-state index is 12.5. The molecule has 0 spiro atoms. The Bertz CT molecular complexity index is 816. The quantitative estimate of drug-likeness (QED) is 0.685. The molecule has 1 aromatic rings. The molecule has 0 bridgehead atoms. The summed E-state index contributed by atoms with van der Waals surface area (Å²) in [6.45, 7) is 6.37. The minimum Gasteiger partial charge on any atom is -0.465 e. The molecular formula is C20H22BrNO4. The zero-order valence-electron chi connectivity index (χ0n) is 15.5. The predicted molar refractivity (Wildman–Crippen MR) is 105 cm³/mol. The average molecular weight is 420 g/mol. The van der Waals surface area contributed by atoms with E-state index in [0.717, 1.165) is 10.0 Å². The van der Waals surface area contributed by atoms with Crippen LogP contribution >= 0.6 is 15.9 Å². The number of allylic oxidation sites excluding steroid dienone is 2. The fourth-order valence-corrected chi connectivity index (χ4v) is 3.09. The van der Waals surface area contributed by atoms with Crippen LogP contribution in [0.3, 0.4) is 0 Å². The Kier molecular flexibility index (Phi) is 6.08. The van der Waals surface area contributed by atoms with E-state index in [9.17, 15) is 9.59 Å². The molecule has 0 amide bonds. The molecule has 0 radical (unpaired) electrons. The SMILES string of the molecule is COC(=O)C1=C(C(=O)OC)N(c2ccc(C(C)(C)C)cc2Br)C=CC=C1. The van der Waals surface area contributed by atoms with Gasteiger partial charge in [-0.3, -0.25) is 0 Å². The summed E-state index contributed by atoms with van der Waals surface area (Å²) in [5.74, 6) is -1.24. The number of rotatable bonds is 3. The fraction of sp³-hybridized carbons (Fsp3) is 0.300. The molecule has 0 aliphatic carbocycles. The van der Waals surface area contributed by atoms with Gasteiger partial charge in [0.2, 0.25) is 0 Å². The molecule has 1 aromatic carbocycles. The molecule has 2 rings (SSSR count). The lowest BCUT2D eigenvalue weighted by Gasteiger charge is -2.26. The third-order valence-corrected chi connectivity index (χ3v) is 4.60. The van der Waals surface area contributed by atoms with Gasteiger partial charge in [-0.2, -0.15) is 0 Å². The first-order valence-corrected chi connectivity index (χ1v) is 8.85. The summed E-state index contributed by atoms with van der Waals surface area (Å²) in [4.78, 5) is 26.3. The van der Waals surface area contributed by atoms with Gasteiger partial charge < -0.3 is 14.4 Å². The van der Waals surface area contributed by atoms with E-state index in [1.54, 1.807) is 23.3 Å². The lowest BCUT2D eigenvalue weighted by atomic mass is 9.87. The van der Waals surface area contributed by atoms with Crippen molar-refractivity contribution in [2.75, 3.05) is 19.1 Å². The molecule has 0 atom stereocenters. The van der Waals surface area contributed by atoms with Gasteiger partial charge in [-0.25, -0.2) is 9.59 Å². The van der Waals surface area contributed by atoms with E-state index in [0.29, 0.717) is 5.69 Å². The Morgan fingerprint density at radius 1 is 1.04 bits per heavy atom. The van der Waals surface area contributed by atoms with Crippen molar-refractivity contribution in [1.82, 2.24) is 0 Å². The van der Waals surface area contributed by atoms with Crippen molar-refractivity contribution in [2.24, 2.45) is 0 Å². The van der Waals surface area contributed by atoms with Crippen LogP contribution in [0.2, 0.25) is 0 Å². The van der Waals surface area contributed by atoms with E-state index in [4.69, 9.17) is 9.47 Å². The van der Waals surface area contributed by atoms with Crippen LogP contribution in [0.1, 0.15) is 26.3 Å². The zero-order valence-corrected chi connectivity index (χ0v) is 17.1.